The molecule has 0 spiro atoms. The zero-order valence-corrected chi connectivity index (χ0v) is 12.9. The van der Waals surface area contributed by atoms with Crippen molar-refractivity contribution >= 4 is 0 Å². The number of hydrogen-bond acceptors (Lipinski definition) is 3. The Kier molecular flexibility index (Phi) is 7.10. The third-order valence-electron chi connectivity index (χ3n) is 4.05. The summed E-state index contributed by atoms with van der Waals surface area (Å²) in [5, 5.41) is 4.51. The summed E-state index contributed by atoms with van der Waals surface area (Å²) in [7, 11) is 2.02. The number of nitrogens with one attached hydrogen (secondary N) is 1. The molecule has 0 radical (unpaired) electrons. The molecule has 1 aromatic rings. The molecule has 2 atom stereocenters. The fourth-order valence-electron chi connectivity index (χ4n) is 2.68. The normalized spacial score (nSPS) is 14.6. The van der Waals surface area contributed by atoms with Gasteiger partial charge in [0, 0.05) is 25.2 Å². The Balaban J connectivity index is 2.70. The zero-order valence-electron chi connectivity index (χ0n) is 12.9. The number of nitrogens with two attached hydrogens (primary N) is 1. The van der Waals surface area contributed by atoms with Gasteiger partial charge in [0.05, 0.1) is 5.69 Å². The zero-order chi connectivity index (χ0) is 14.3. The fourth-order valence-corrected chi connectivity index (χ4v) is 2.68. The van der Waals surface area contributed by atoms with Crippen LogP contribution in [-0.4, -0.2) is 15.8 Å². The van der Waals surface area contributed by atoms with E-state index >= 15 is 0 Å². The van der Waals surface area contributed by atoms with E-state index in [-0.39, 0.29) is 0 Å². The summed E-state index contributed by atoms with van der Waals surface area (Å²) in [5.74, 6) is 6.42. The SMILES string of the molecule is CCCCC(CC)C(Cc1cc(CC)nn1C)NN. The fraction of sp³-hybridized carbons (Fsp3) is 0.800. The van der Waals surface area contributed by atoms with Crippen molar-refractivity contribution in [3.63, 3.8) is 0 Å². The molecular formula is C15H30N4. The first-order chi connectivity index (χ1) is 9.15. The molecule has 0 saturated heterocycles. The van der Waals surface area contributed by atoms with Gasteiger partial charge in [0.1, 0.15) is 0 Å². The molecule has 4 nitrogen and oxygen atoms in total. The maximum atomic E-state index is 5.78. The van der Waals surface area contributed by atoms with Crippen LogP contribution in [0.15, 0.2) is 6.07 Å². The van der Waals surface area contributed by atoms with Crippen molar-refractivity contribution in [3.05, 3.63) is 17.5 Å². The minimum atomic E-state index is 0.344. The molecule has 3 N–H and O–H groups in total. The standard InChI is InChI=1S/C15H30N4/c1-5-8-9-12(6-2)15(17-16)11-14-10-13(7-3)18-19(14)4/h10,12,15,17H,5-9,11,16H2,1-4H3. The van der Waals surface area contributed by atoms with Crippen molar-refractivity contribution in [3.8, 4) is 0 Å². The highest BCUT2D eigenvalue weighted by Crippen LogP contribution is 2.20. The van der Waals surface area contributed by atoms with Gasteiger partial charge in [-0.05, 0) is 24.8 Å². The molecule has 1 aromatic heterocycles. The Labute approximate surface area is 117 Å². The Bertz CT molecular complexity index is 359. The summed E-state index contributed by atoms with van der Waals surface area (Å²) in [6.45, 7) is 6.64. The van der Waals surface area contributed by atoms with Crippen molar-refractivity contribution in [1.29, 1.82) is 0 Å². The van der Waals surface area contributed by atoms with E-state index in [4.69, 9.17) is 5.84 Å². The van der Waals surface area contributed by atoms with Crippen LogP contribution in [-0.2, 0) is 19.9 Å². The second kappa shape index (κ2) is 8.33. The van der Waals surface area contributed by atoms with Gasteiger partial charge in [0.2, 0.25) is 0 Å². The molecule has 1 rings (SSSR count). The summed E-state index contributed by atoms with van der Waals surface area (Å²) >= 11 is 0. The molecule has 1 heterocycles. The maximum absolute atomic E-state index is 5.78. The van der Waals surface area contributed by atoms with Gasteiger partial charge < -0.3 is 0 Å². The van der Waals surface area contributed by atoms with Gasteiger partial charge in [-0.3, -0.25) is 16.0 Å². The highest BCUT2D eigenvalue weighted by molar-refractivity contribution is 5.11. The van der Waals surface area contributed by atoms with E-state index in [1.807, 2.05) is 11.7 Å². The number of nitrogens with zero attached hydrogens (tertiary/aromatic N) is 2. The number of hydrazine groups is 1. The molecule has 0 aliphatic heterocycles. The van der Waals surface area contributed by atoms with E-state index in [0.29, 0.717) is 12.0 Å². The Morgan fingerprint density at radius 1 is 1.37 bits per heavy atom. The average molecular weight is 266 g/mol. The molecule has 0 aliphatic rings. The van der Waals surface area contributed by atoms with E-state index in [1.165, 1.54) is 31.4 Å². The Morgan fingerprint density at radius 2 is 2.11 bits per heavy atom. The molecule has 0 saturated carbocycles. The van der Waals surface area contributed by atoms with Crippen LogP contribution in [0.3, 0.4) is 0 Å². The van der Waals surface area contributed by atoms with Crippen LogP contribution < -0.4 is 11.3 Å². The molecular weight excluding hydrogens is 236 g/mol. The van der Waals surface area contributed by atoms with Crippen molar-refractivity contribution < 1.29 is 0 Å². The van der Waals surface area contributed by atoms with Crippen LogP contribution in [0.2, 0.25) is 0 Å². The quantitative estimate of drug-likeness (QED) is 0.533. The minimum Gasteiger partial charge on any atom is -0.272 e. The monoisotopic (exact) mass is 266 g/mol. The van der Waals surface area contributed by atoms with Crippen LogP contribution in [0.5, 0.6) is 0 Å². The van der Waals surface area contributed by atoms with Crippen LogP contribution in [0.1, 0.15) is 57.8 Å². The molecule has 4 heteroatoms. The van der Waals surface area contributed by atoms with E-state index in [0.717, 1.165) is 18.5 Å². The maximum Gasteiger partial charge on any atom is 0.0624 e. The Morgan fingerprint density at radius 3 is 2.58 bits per heavy atom. The summed E-state index contributed by atoms with van der Waals surface area (Å²) in [6.07, 6.45) is 6.90. The van der Waals surface area contributed by atoms with Crippen LogP contribution in [0.4, 0.5) is 0 Å². The summed E-state index contributed by atoms with van der Waals surface area (Å²) in [4.78, 5) is 0. The van der Waals surface area contributed by atoms with Crippen molar-refractivity contribution in [2.75, 3.05) is 0 Å². The van der Waals surface area contributed by atoms with E-state index in [1.54, 1.807) is 0 Å². The molecule has 0 aromatic carbocycles. The Hall–Kier alpha value is -0.870. The first-order valence-corrected chi connectivity index (χ1v) is 7.64. The molecule has 0 amide bonds. The average Bonchev–Trinajstić information content (AvgIpc) is 2.78. The number of unbranched alkanes of at least 4 members (excludes halogenated alkanes) is 1. The topological polar surface area (TPSA) is 55.9 Å². The predicted molar refractivity (Wildman–Crippen MR) is 80.7 cm³/mol. The van der Waals surface area contributed by atoms with Crippen LogP contribution in [0.25, 0.3) is 0 Å². The first-order valence-electron chi connectivity index (χ1n) is 7.64. The highest BCUT2D eigenvalue weighted by atomic mass is 15.3. The van der Waals surface area contributed by atoms with Gasteiger partial charge in [-0.2, -0.15) is 5.10 Å². The molecule has 0 bridgehead atoms. The van der Waals surface area contributed by atoms with Gasteiger partial charge in [0.15, 0.2) is 0 Å². The molecule has 2 unspecified atom stereocenters. The number of aromatic nitrogens is 2. The predicted octanol–water partition coefficient (Wildman–Crippen LogP) is 2.57. The third kappa shape index (κ3) is 4.62. The van der Waals surface area contributed by atoms with Gasteiger partial charge >= 0.3 is 0 Å². The van der Waals surface area contributed by atoms with Crippen molar-refractivity contribution in [2.45, 2.75) is 65.3 Å². The minimum absolute atomic E-state index is 0.344. The molecule has 110 valence electrons. The molecule has 0 fully saturated rings. The number of aryl methyl sites for hydroxylation is 2. The lowest BCUT2D eigenvalue weighted by molar-refractivity contribution is 0.314. The number of hydrogen-bond donors (Lipinski definition) is 2. The highest BCUT2D eigenvalue weighted by Gasteiger charge is 2.20. The van der Waals surface area contributed by atoms with Gasteiger partial charge in [-0.1, -0.05) is 40.0 Å². The first kappa shape index (κ1) is 16.2. The van der Waals surface area contributed by atoms with E-state index in [9.17, 15) is 0 Å². The smallest absolute Gasteiger partial charge is 0.0624 e. The lowest BCUT2D eigenvalue weighted by Crippen LogP contribution is -2.42. The van der Waals surface area contributed by atoms with Gasteiger partial charge in [-0.25, -0.2) is 0 Å². The lowest BCUT2D eigenvalue weighted by Gasteiger charge is -2.25. The van der Waals surface area contributed by atoms with Crippen molar-refractivity contribution in [1.82, 2.24) is 15.2 Å². The second-order valence-corrected chi connectivity index (χ2v) is 5.39. The van der Waals surface area contributed by atoms with Crippen LogP contribution in [0, 0.1) is 5.92 Å². The molecule has 0 aliphatic carbocycles. The van der Waals surface area contributed by atoms with E-state index in [2.05, 4.69) is 37.4 Å². The van der Waals surface area contributed by atoms with Gasteiger partial charge in [-0.15, -0.1) is 0 Å². The summed E-state index contributed by atoms with van der Waals surface area (Å²) in [6, 6.07) is 2.55. The summed E-state index contributed by atoms with van der Waals surface area (Å²) < 4.78 is 2.00. The van der Waals surface area contributed by atoms with Crippen LogP contribution >= 0.6 is 0 Å². The third-order valence-corrected chi connectivity index (χ3v) is 4.05. The van der Waals surface area contributed by atoms with Crippen molar-refractivity contribution in [2.24, 2.45) is 18.8 Å². The molecule has 19 heavy (non-hydrogen) atoms. The summed E-state index contributed by atoms with van der Waals surface area (Å²) in [5.41, 5.74) is 5.46. The van der Waals surface area contributed by atoms with Gasteiger partial charge in [0.25, 0.3) is 0 Å². The second-order valence-electron chi connectivity index (χ2n) is 5.39. The largest absolute Gasteiger partial charge is 0.272 e. The number of rotatable bonds is 9. The van der Waals surface area contributed by atoms with E-state index < -0.39 is 0 Å². The lowest BCUT2D eigenvalue weighted by atomic mass is 9.89.